The van der Waals surface area contributed by atoms with Crippen LogP contribution in [0.25, 0.3) is 0 Å². The van der Waals surface area contributed by atoms with Gasteiger partial charge in [0.15, 0.2) is 5.78 Å². The van der Waals surface area contributed by atoms with Crippen LogP contribution in [0.3, 0.4) is 0 Å². The number of hydrogen-bond acceptors (Lipinski definition) is 2. The Balaban J connectivity index is 2.45. The number of carbonyl (C=O) groups is 2. The molecule has 3 heteroatoms. The van der Waals surface area contributed by atoms with Crippen molar-refractivity contribution in [2.75, 3.05) is 13.1 Å². The minimum absolute atomic E-state index is 0.0954. The van der Waals surface area contributed by atoms with E-state index in [2.05, 4.69) is 0 Å². The third kappa shape index (κ3) is 2.03. The number of likely N-dealkylation sites (tertiary alicyclic amines) is 1. The zero-order valence-electron chi connectivity index (χ0n) is 6.80. The van der Waals surface area contributed by atoms with Crippen molar-refractivity contribution in [2.24, 2.45) is 0 Å². The van der Waals surface area contributed by atoms with E-state index < -0.39 is 0 Å². The summed E-state index contributed by atoms with van der Waals surface area (Å²) >= 11 is 0. The number of Topliss-reactive ketones (excluding diaryl/α,β-unsaturated/α-hetero) is 1. The Morgan fingerprint density at radius 3 is 2.91 bits per heavy atom. The number of carbonyl (C=O) groups excluding carboxylic acids is 2. The molecule has 0 unspecified atom stereocenters. The maximum absolute atomic E-state index is 11.1. The van der Waals surface area contributed by atoms with Crippen molar-refractivity contribution in [1.29, 1.82) is 0 Å². The highest BCUT2D eigenvalue weighted by Crippen LogP contribution is 2.06. The molecule has 1 heterocycles. The second-order valence-electron chi connectivity index (χ2n) is 2.81. The Morgan fingerprint density at radius 1 is 1.64 bits per heavy atom. The van der Waals surface area contributed by atoms with Crippen molar-refractivity contribution in [2.45, 2.75) is 26.2 Å². The Kier molecular flexibility index (Phi) is 2.63. The largest absolute Gasteiger partial charge is 0.335 e. The molecule has 1 rings (SSSR count). The SMILES string of the molecule is CCC(=O)N1CCCC(=O)C1. The number of ketones is 1. The summed E-state index contributed by atoms with van der Waals surface area (Å²) in [6.45, 7) is 2.92. The van der Waals surface area contributed by atoms with Gasteiger partial charge in [-0.05, 0) is 6.42 Å². The van der Waals surface area contributed by atoms with Gasteiger partial charge in [-0.1, -0.05) is 6.92 Å². The third-order valence-corrected chi connectivity index (χ3v) is 1.91. The lowest BCUT2D eigenvalue weighted by atomic mass is 10.1. The van der Waals surface area contributed by atoms with Gasteiger partial charge in [-0.2, -0.15) is 0 Å². The molecule has 11 heavy (non-hydrogen) atoms. The van der Waals surface area contributed by atoms with E-state index in [-0.39, 0.29) is 11.7 Å². The summed E-state index contributed by atoms with van der Waals surface area (Å²) in [6, 6.07) is 0. The first kappa shape index (κ1) is 8.24. The molecule has 1 fully saturated rings. The molecule has 0 aromatic heterocycles. The van der Waals surface area contributed by atoms with Gasteiger partial charge in [0.2, 0.25) is 5.91 Å². The lowest BCUT2D eigenvalue weighted by Crippen LogP contribution is -2.39. The number of nitrogens with zero attached hydrogens (tertiary/aromatic N) is 1. The molecule has 0 aromatic carbocycles. The highest BCUT2D eigenvalue weighted by Gasteiger charge is 2.19. The quantitative estimate of drug-likeness (QED) is 0.555. The van der Waals surface area contributed by atoms with E-state index in [1.807, 2.05) is 6.92 Å². The standard InChI is InChI=1S/C8H13NO2/c1-2-8(11)9-5-3-4-7(10)6-9/h2-6H2,1H3. The second kappa shape index (κ2) is 3.51. The normalized spacial score (nSPS) is 18.6. The molecule has 0 aliphatic carbocycles. The molecular weight excluding hydrogens is 142 g/mol. The van der Waals surface area contributed by atoms with E-state index in [4.69, 9.17) is 0 Å². The molecule has 0 saturated carbocycles. The fraction of sp³-hybridized carbons (Fsp3) is 0.750. The molecule has 0 aromatic rings. The molecule has 0 spiro atoms. The van der Waals surface area contributed by atoms with Crippen molar-refractivity contribution < 1.29 is 9.59 Å². The van der Waals surface area contributed by atoms with Crippen LogP contribution in [0.15, 0.2) is 0 Å². The van der Waals surface area contributed by atoms with Crippen molar-refractivity contribution in [3.05, 3.63) is 0 Å². The monoisotopic (exact) mass is 155 g/mol. The summed E-state index contributed by atoms with van der Waals surface area (Å²) in [7, 11) is 0. The molecule has 0 N–H and O–H groups in total. The summed E-state index contributed by atoms with van der Waals surface area (Å²) in [5, 5.41) is 0. The van der Waals surface area contributed by atoms with Crippen molar-refractivity contribution >= 4 is 11.7 Å². The van der Waals surface area contributed by atoms with Gasteiger partial charge >= 0.3 is 0 Å². The van der Waals surface area contributed by atoms with Crippen LogP contribution in [0.4, 0.5) is 0 Å². The van der Waals surface area contributed by atoms with Gasteiger partial charge in [0.1, 0.15) is 0 Å². The molecule has 0 radical (unpaired) electrons. The Morgan fingerprint density at radius 2 is 2.36 bits per heavy atom. The zero-order chi connectivity index (χ0) is 8.27. The first-order valence-electron chi connectivity index (χ1n) is 4.03. The topological polar surface area (TPSA) is 37.4 Å². The molecular formula is C8H13NO2. The third-order valence-electron chi connectivity index (χ3n) is 1.91. The van der Waals surface area contributed by atoms with Gasteiger partial charge in [0.25, 0.3) is 0 Å². The van der Waals surface area contributed by atoms with Gasteiger partial charge in [-0.25, -0.2) is 0 Å². The van der Waals surface area contributed by atoms with E-state index in [1.54, 1.807) is 4.90 Å². The van der Waals surface area contributed by atoms with E-state index in [1.165, 1.54) is 0 Å². The highest BCUT2D eigenvalue weighted by atomic mass is 16.2. The summed E-state index contributed by atoms with van der Waals surface area (Å²) in [6.07, 6.45) is 1.99. The zero-order valence-corrected chi connectivity index (χ0v) is 6.80. The Bertz CT molecular complexity index is 177. The summed E-state index contributed by atoms with van der Waals surface area (Å²) in [4.78, 5) is 23.6. The first-order valence-corrected chi connectivity index (χ1v) is 4.03. The van der Waals surface area contributed by atoms with Crippen LogP contribution in [0.5, 0.6) is 0 Å². The lowest BCUT2D eigenvalue weighted by Gasteiger charge is -2.25. The number of rotatable bonds is 1. The van der Waals surface area contributed by atoms with Crippen LogP contribution in [-0.2, 0) is 9.59 Å². The Hall–Kier alpha value is -0.860. The summed E-state index contributed by atoms with van der Waals surface area (Å²) < 4.78 is 0. The average Bonchev–Trinajstić information content (AvgIpc) is 2.03. The van der Waals surface area contributed by atoms with Crippen molar-refractivity contribution in [1.82, 2.24) is 4.90 Å². The van der Waals surface area contributed by atoms with Crippen LogP contribution in [0.2, 0.25) is 0 Å². The van der Waals surface area contributed by atoms with Crippen molar-refractivity contribution in [3.63, 3.8) is 0 Å². The van der Waals surface area contributed by atoms with Crippen LogP contribution >= 0.6 is 0 Å². The van der Waals surface area contributed by atoms with E-state index in [9.17, 15) is 9.59 Å². The minimum Gasteiger partial charge on any atom is -0.335 e. The van der Waals surface area contributed by atoms with Gasteiger partial charge < -0.3 is 4.90 Å². The molecule has 1 saturated heterocycles. The summed E-state index contributed by atoms with van der Waals surface area (Å²) in [5.41, 5.74) is 0. The minimum atomic E-state index is 0.0954. The Labute approximate surface area is 66.4 Å². The molecule has 0 bridgehead atoms. The van der Waals surface area contributed by atoms with Crippen LogP contribution in [0.1, 0.15) is 26.2 Å². The predicted molar refractivity (Wildman–Crippen MR) is 41.1 cm³/mol. The van der Waals surface area contributed by atoms with E-state index in [0.29, 0.717) is 19.4 Å². The van der Waals surface area contributed by atoms with Gasteiger partial charge in [0, 0.05) is 19.4 Å². The van der Waals surface area contributed by atoms with Crippen LogP contribution in [-0.4, -0.2) is 29.7 Å². The molecule has 1 aliphatic rings. The molecule has 62 valence electrons. The van der Waals surface area contributed by atoms with Gasteiger partial charge in [0.05, 0.1) is 6.54 Å². The number of piperidine rings is 1. The summed E-state index contributed by atoms with van der Waals surface area (Å²) in [5.74, 6) is 0.288. The van der Waals surface area contributed by atoms with E-state index >= 15 is 0 Å². The molecule has 1 amide bonds. The predicted octanol–water partition coefficient (Wildman–Crippen LogP) is 0.588. The lowest BCUT2D eigenvalue weighted by molar-refractivity contribution is -0.137. The van der Waals surface area contributed by atoms with Crippen LogP contribution in [0, 0.1) is 0 Å². The molecule has 0 atom stereocenters. The highest BCUT2D eigenvalue weighted by molar-refractivity contribution is 5.87. The first-order chi connectivity index (χ1) is 5.24. The van der Waals surface area contributed by atoms with Gasteiger partial charge in [-0.15, -0.1) is 0 Å². The smallest absolute Gasteiger partial charge is 0.222 e. The molecule has 3 nitrogen and oxygen atoms in total. The molecule has 1 aliphatic heterocycles. The van der Waals surface area contributed by atoms with Gasteiger partial charge in [-0.3, -0.25) is 9.59 Å². The van der Waals surface area contributed by atoms with Crippen molar-refractivity contribution in [3.8, 4) is 0 Å². The maximum Gasteiger partial charge on any atom is 0.222 e. The number of amides is 1. The van der Waals surface area contributed by atoms with Crippen LogP contribution < -0.4 is 0 Å². The van der Waals surface area contributed by atoms with E-state index in [0.717, 1.165) is 13.0 Å². The fourth-order valence-corrected chi connectivity index (χ4v) is 1.27. The average molecular weight is 155 g/mol. The number of hydrogen-bond donors (Lipinski definition) is 0. The fourth-order valence-electron chi connectivity index (χ4n) is 1.27. The maximum atomic E-state index is 11.1. The second-order valence-corrected chi connectivity index (χ2v) is 2.81.